The van der Waals surface area contributed by atoms with Gasteiger partial charge >= 0.3 is 0 Å². The zero-order valence-electron chi connectivity index (χ0n) is 11.0. The molecule has 1 heteroatoms. The van der Waals surface area contributed by atoms with Crippen LogP contribution < -0.4 is 0 Å². The molecule has 0 aliphatic heterocycles. The summed E-state index contributed by atoms with van der Waals surface area (Å²) in [6.07, 6.45) is 18.1. The Morgan fingerprint density at radius 2 is 1.47 bits per heavy atom. The molecule has 2 aliphatic rings. The lowest BCUT2D eigenvalue weighted by molar-refractivity contribution is -0.105. The van der Waals surface area contributed by atoms with Gasteiger partial charge in [0.05, 0.1) is 0 Å². The van der Waals surface area contributed by atoms with E-state index in [1.54, 1.807) is 0 Å². The van der Waals surface area contributed by atoms with E-state index in [-0.39, 0.29) is 0 Å². The molecule has 0 aromatic rings. The van der Waals surface area contributed by atoms with E-state index in [9.17, 15) is 4.79 Å². The van der Waals surface area contributed by atoms with E-state index in [4.69, 9.17) is 0 Å². The summed E-state index contributed by atoms with van der Waals surface area (Å²) in [5.41, 5.74) is 1.12. The molecule has 2 rings (SSSR count). The summed E-state index contributed by atoms with van der Waals surface area (Å²) < 4.78 is 0. The molecule has 17 heavy (non-hydrogen) atoms. The van der Waals surface area contributed by atoms with Crippen LogP contribution in [0.4, 0.5) is 0 Å². The normalized spacial score (nSPS) is 24.8. The van der Waals surface area contributed by atoms with Crippen LogP contribution in [0.1, 0.15) is 70.6 Å². The van der Waals surface area contributed by atoms with Crippen LogP contribution in [0, 0.1) is 11.8 Å². The molecule has 2 aliphatic carbocycles. The number of allylic oxidation sites excluding steroid dienone is 2. The minimum atomic E-state index is 0.588. The third-order valence-electron chi connectivity index (χ3n) is 4.62. The predicted octanol–water partition coefficient (Wildman–Crippen LogP) is 4.66. The molecule has 0 N–H and O–H groups in total. The summed E-state index contributed by atoms with van der Waals surface area (Å²) in [4.78, 5) is 11.2. The van der Waals surface area contributed by atoms with Crippen molar-refractivity contribution in [2.24, 2.45) is 11.8 Å². The molecule has 96 valence electrons. The third-order valence-corrected chi connectivity index (χ3v) is 4.62. The first-order chi connectivity index (χ1) is 8.40. The molecule has 0 bridgehead atoms. The van der Waals surface area contributed by atoms with E-state index in [1.807, 2.05) is 0 Å². The number of aldehydes is 1. The van der Waals surface area contributed by atoms with Crippen LogP contribution in [0.5, 0.6) is 0 Å². The van der Waals surface area contributed by atoms with E-state index in [2.05, 4.69) is 6.08 Å². The second-order valence-electron chi connectivity index (χ2n) is 5.90. The van der Waals surface area contributed by atoms with Crippen molar-refractivity contribution in [3.8, 4) is 0 Å². The van der Waals surface area contributed by atoms with Crippen molar-refractivity contribution in [3.63, 3.8) is 0 Å². The Kier molecular flexibility index (Phi) is 5.28. The Morgan fingerprint density at radius 1 is 0.882 bits per heavy atom. The topological polar surface area (TPSA) is 17.1 Å². The van der Waals surface area contributed by atoms with E-state index in [0.717, 1.165) is 24.2 Å². The largest absolute Gasteiger partial charge is 0.298 e. The summed E-state index contributed by atoms with van der Waals surface area (Å²) in [6, 6.07) is 0. The summed E-state index contributed by atoms with van der Waals surface area (Å²) in [7, 11) is 0. The first kappa shape index (κ1) is 12.9. The molecular formula is C16H26O. The van der Waals surface area contributed by atoms with Crippen molar-refractivity contribution >= 4 is 6.29 Å². The molecule has 0 amide bonds. The van der Waals surface area contributed by atoms with E-state index in [0.29, 0.717) is 5.92 Å². The van der Waals surface area contributed by atoms with Crippen molar-refractivity contribution < 1.29 is 4.79 Å². The van der Waals surface area contributed by atoms with E-state index in [1.165, 1.54) is 64.2 Å². The van der Waals surface area contributed by atoms with Crippen LogP contribution in [0.25, 0.3) is 0 Å². The lowest BCUT2D eigenvalue weighted by Crippen LogP contribution is -2.11. The second kappa shape index (κ2) is 6.98. The first-order valence-corrected chi connectivity index (χ1v) is 7.55. The summed E-state index contributed by atoms with van der Waals surface area (Å²) in [5.74, 6) is 1.45. The Morgan fingerprint density at radius 3 is 2.06 bits per heavy atom. The van der Waals surface area contributed by atoms with Gasteiger partial charge in [0, 0.05) is 0 Å². The van der Waals surface area contributed by atoms with Crippen molar-refractivity contribution in [3.05, 3.63) is 11.6 Å². The zero-order chi connectivity index (χ0) is 11.9. The molecule has 2 saturated carbocycles. The average molecular weight is 234 g/mol. The Bertz CT molecular complexity index is 255. The Labute approximate surface area is 106 Å². The maximum absolute atomic E-state index is 11.2. The first-order valence-electron chi connectivity index (χ1n) is 7.55. The molecular weight excluding hydrogens is 208 g/mol. The van der Waals surface area contributed by atoms with E-state index < -0.39 is 0 Å². The standard InChI is InChI=1S/C16H26O/c17-13-16(15-9-5-2-6-10-15)12-11-14-7-3-1-4-8-14/h12-15H,1-11H2. The molecule has 0 radical (unpaired) electrons. The van der Waals surface area contributed by atoms with Crippen molar-refractivity contribution in [2.45, 2.75) is 70.6 Å². The molecule has 0 heterocycles. The number of carbonyl (C=O) groups excluding carboxylic acids is 1. The molecule has 0 aromatic carbocycles. The third kappa shape index (κ3) is 3.97. The molecule has 2 fully saturated rings. The highest BCUT2D eigenvalue weighted by molar-refractivity contribution is 5.73. The molecule has 0 aromatic heterocycles. The van der Waals surface area contributed by atoms with Gasteiger partial charge in [-0.15, -0.1) is 0 Å². The maximum atomic E-state index is 11.2. The predicted molar refractivity (Wildman–Crippen MR) is 71.9 cm³/mol. The van der Waals surface area contributed by atoms with Gasteiger partial charge < -0.3 is 0 Å². The van der Waals surface area contributed by atoms with Gasteiger partial charge in [-0.25, -0.2) is 0 Å². The smallest absolute Gasteiger partial charge is 0.145 e. The summed E-state index contributed by atoms with van der Waals surface area (Å²) >= 11 is 0. The van der Waals surface area contributed by atoms with Crippen molar-refractivity contribution in [1.29, 1.82) is 0 Å². The van der Waals surface area contributed by atoms with Crippen LogP contribution in [-0.2, 0) is 4.79 Å². The van der Waals surface area contributed by atoms with Crippen LogP contribution in [0.2, 0.25) is 0 Å². The van der Waals surface area contributed by atoms with Crippen LogP contribution in [0.15, 0.2) is 11.6 Å². The van der Waals surface area contributed by atoms with Crippen molar-refractivity contribution in [1.82, 2.24) is 0 Å². The second-order valence-corrected chi connectivity index (χ2v) is 5.90. The monoisotopic (exact) mass is 234 g/mol. The Hall–Kier alpha value is -0.590. The highest BCUT2D eigenvalue weighted by Crippen LogP contribution is 2.31. The van der Waals surface area contributed by atoms with Gasteiger partial charge in [0.15, 0.2) is 0 Å². The molecule has 0 saturated heterocycles. The Balaban J connectivity index is 1.85. The van der Waals surface area contributed by atoms with Crippen molar-refractivity contribution in [2.75, 3.05) is 0 Å². The number of hydrogen-bond acceptors (Lipinski definition) is 1. The molecule has 0 atom stereocenters. The fourth-order valence-corrected chi connectivity index (χ4v) is 3.47. The van der Waals surface area contributed by atoms with Gasteiger partial charge in [-0.2, -0.15) is 0 Å². The van der Waals surface area contributed by atoms with Crippen LogP contribution >= 0.6 is 0 Å². The minimum Gasteiger partial charge on any atom is -0.298 e. The van der Waals surface area contributed by atoms with Gasteiger partial charge in [0.2, 0.25) is 0 Å². The minimum absolute atomic E-state index is 0.588. The highest BCUT2D eigenvalue weighted by atomic mass is 16.1. The fourth-order valence-electron chi connectivity index (χ4n) is 3.47. The van der Waals surface area contributed by atoms with E-state index >= 15 is 0 Å². The number of hydrogen-bond donors (Lipinski definition) is 0. The molecule has 1 nitrogen and oxygen atoms in total. The fraction of sp³-hybridized carbons (Fsp3) is 0.812. The quantitative estimate of drug-likeness (QED) is 0.510. The van der Waals surface area contributed by atoms with Crippen LogP contribution in [-0.4, -0.2) is 6.29 Å². The lowest BCUT2D eigenvalue weighted by Gasteiger charge is -2.23. The van der Waals surface area contributed by atoms with Gasteiger partial charge in [-0.05, 0) is 36.7 Å². The van der Waals surface area contributed by atoms with Gasteiger partial charge in [-0.1, -0.05) is 57.4 Å². The summed E-state index contributed by atoms with van der Waals surface area (Å²) in [5, 5.41) is 0. The summed E-state index contributed by atoms with van der Waals surface area (Å²) in [6.45, 7) is 0. The zero-order valence-corrected chi connectivity index (χ0v) is 11.0. The molecule has 0 unspecified atom stereocenters. The van der Waals surface area contributed by atoms with Gasteiger partial charge in [0.1, 0.15) is 6.29 Å². The average Bonchev–Trinajstić information content (AvgIpc) is 2.42. The number of rotatable bonds is 4. The number of carbonyl (C=O) groups is 1. The van der Waals surface area contributed by atoms with Gasteiger partial charge in [0.25, 0.3) is 0 Å². The maximum Gasteiger partial charge on any atom is 0.145 e. The molecule has 0 spiro atoms. The SMILES string of the molecule is O=CC(=CCC1CCCCC1)C1CCCCC1. The lowest BCUT2D eigenvalue weighted by atomic mass is 9.82. The van der Waals surface area contributed by atoms with Crippen LogP contribution in [0.3, 0.4) is 0 Å². The van der Waals surface area contributed by atoms with Gasteiger partial charge in [-0.3, -0.25) is 4.79 Å². The highest BCUT2D eigenvalue weighted by Gasteiger charge is 2.18.